The van der Waals surface area contributed by atoms with Crippen LogP contribution in [0.15, 0.2) is 64.2 Å². The van der Waals surface area contributed by atoms with Gasteiger partial charge in [-0.15, -0.1) is 0 Å². The average Bonchev–Trinajstić information content (AvgIpc) is 3.04. The molecule has 30 heavy (non-hydrogen) atoms. The standard InChI is InChI=1S/C22H11N5O3/c1-12-5-14(6-13(2)30-12)22-20(15(8-23)9-24)18-4-3-17(27(28)29)7-19(18)21(22)16(10-25)11-26/h3-7H,1-2H3. The molecule has 0 saturated carbocycles. The van der Waals surface area contributed by atoms with Crippen molar-refractivity contribution in [2.45, 2.75) is 13.8 Å². The first-order valence-electron chi connectivity index (χ1n) is 8.53. The molecular weight excluding hydrogens is 382 g/mol. The van der Waals surface area contributed by atoms with Crippen LogP contribution in [0, 0.1) is 55.4 Å². The van der Waals surface area contributed by atoms with Gasteiger partial charge in [0.25, 0.3) is 5.69 Å². The minimum Gasteiger partial charge on any atom is -0.467 e. The largest absolute Gasteiger partial charge is 0.467 e. The maximum absolute atomic E-state index is 11.3. The van der Waals surface area contributed by atoms with Crippen molar-refractivity contribution in [3.8, 4) is 24.3 Å². The predicted octanol–water partition coefficient (Wildman–Crippen LogP) is 4.34. The molecule has 1 aliphatic carbocycles. The molecule has 2 aliphatic rings. The number of ether oxygens (including phenoxy) is 1. The van der Waals surface area contributed by atoms with E-state index in [-0.39, 0.29) is 33.5 Å². The minimum absolute atomic E-state index is 0.140. The molecule has 1 aliphatic heterocycles. The van der Waals surface area contributed by atoms with Gasteiger partial charge in [-0.2, -0.15) is 21.0 Å². The van der Waals surface area contributed by atoms with E-state index >= 15 is 0 Å². The van der Waals surface area contributed by atoms with Crippen molar-refractivity contribution >= 4 is 16.8 Å². The van der Waals surface area contributed by atoms with Crippen LogP contribution < -0.4 is 0 Å². The Bertz CT molecular complexity index is 1290. The number of nitro groups is 1. The van der Waals surface area contributed by atoms with E-state index in [9.17, 15) is 31.2 Å². The van der Waals surface area contributed by atoms with Gasteiger partial charge in [0.1, 0.15) is 46.9 Å². The molecule has 1 heterocycles. The summed E-state index contributed by atoms with van der Waals surface area (Å²) in [6.45, 7) is 3.42. The Labute approximate surface area is 171 Å². The Morgan fingerprint density at radius 2 is 1.40 bits per heavy atom. The van der Waals surface area contributed by atoms with Gasteiger partial charge in [-0.1, -0.05) is 0 Å². The molecule has 0 aromatic heterocycles. The molecule has 8 nitrogen and oxygen atoms in total. The summed E-state index contributed by atoms with van der Waals surface area (Å²) >= 11 is 0. The lowest BCUT2D eigenvalue weighted by Crippen LogP contribution is -1.99. The van der Waals surface area contributed by atoms with Crippen LogP contribution in [0.1, 0.15) is 25.0 Å². The summed E-state index contributed by atoms with van der Waals surface area (Å²) in [6.07, 6.45) is 3.31. The second-order valence-electron chi connectivity index (χ2n) is 6.38. The van der Waals surface area contributed by atoms with E-state index in [2.05, 4.69) is 0 Å². The molecule has 3 rings (SSSR count). The highest BCUT2D eigenvalue weighted by atomic mass is 16.6. The second-order valence-corrected chi connectivity index (χ2v) is 6.38. The summed E-state index contributed by atoms with van der Waals surface area (Å²) in [5, 5.41) is 49.5. The topological polar surface area (TPSA) is 148 Å². The Hall–Kier alpha value is -4.92. The minimum atomic E-state index is -0.594. The smallest absolute Gasteiger partial charge is 0.270 e. The zero-order chi connectivity index (χ0) is 22.0. The van der Waals surface area contributed by atoms with Gasteiger partial charge in [0.15, 0.2) is 0 Å². The molecule has 1 aromatic rings. The van der Waals surface area contributed by atoms with E-state index < -0.39 is 4.92 Å². The molecular formula is C22H11N5O3. The molecule has 0 atom stereocenters. The van der Waals surface area contributed by atoms with Gasteiger partial charge in [-0.05, 0) is 48.8 Å². The van der Waals surface area contributed by atoms with Gasteiger partial charge in [0.2, 0.25) is 0 Å². The van der Waals surface area contributed by atoms with Crippen molar-refractivity contribution in [1.29, 1.82) is 21.0 Å². The van der Waals surface area contributed by atoms with Gasteiger partial charge in [0, 0.05) is 28.9 Å². The summed E-state index contributed by atoms with van der Waals surface area (Å²) in [5.74, 6) is 1.06. The molecule has 0 N–H and O–H groups in total. The van der Waals surface area contributed by atoms with Gasteiger partial charge in [-0.3, -0.25) is 10.1 Å². The van der Waals surface area contributed by atoms with E-state index in [1.54, 1.807) is 26.0 Å². The maximum atomic E-state index is 11.3. The van der Waals surface area contributed by atoms with E-state index in [0.29, 0.717) is 28.2 Å². The highest BCUT2D eigenvalue weighted by molar-refractivity contribution is 6.13. The van der Waals surface area contributed by atoms with Gasteiger partial charge in [-0.25, -0.2) is 0 Å². The van der Waals surface area contributed by atoms with Crippen LogP contribution in [0.2, 0.25) is 0 Å². The fraction of sp³-hybridized carbons (Fsp3) is 0.0909. The highest BCUT2D eigenvalue weighted by Gasteiger charge is 2.35. The molecule has 0 saturated heterocycles. The predicted molar refractivity (Wildman–Crippen MR) is 105 cm³/mol. The first-order chi connectivity index (χ1) is 14.4. The molecule has 0 amide bonds. The third-order valence-electron chi connectivity index (χ3n) is 4.53. The number of hydrogen-bond donors (Lipinski definition) is 0. The van der Waals surface area contributed by atoms with Crippen molar-refractivity contribution in [1.82, 2.24) is 0 Å². The maximum Gasteiger partial charge on any atom is 0.270 e. The number of benzene rings is 1. The molecule has 0 unspecified atom stereocenters. The number of nitro benzene ring substituents is 1. The SMILES string of the molecule is CC1=CC(=C2C(=C(C#N)C#N)c3ccc([N+](=O)[O-])cc3C2=C(C#N)C#N)C=C(C)O1. The number of hydrogen-bond acceptors (Lipinski definition) is 7. The number of non-ortho nitro benzene ring substituents is 1. The summed E-state index contributed by atoms with van der Waals surface area (Å²) < 4.78 is 5.51. The van der Waals surface area contributed by atoms with Crippen molar-refractivity contribution in [3.05, 3.63) is 85.4 Å². The summed E-state index contributed by atoms with van der Waals surface area (Å²) in [5.41, 5.74) is 1.03. The zero-order valence-corrected chi connectivity index (χ0v) is 15.8. The van der Waals surface area contributed by atoms with Crippen LogP contribution in [0.4, 0.5) is 5.69 Å². The molecule has 0 radical (unpaired) electrons. The normalized spacial score (nSPS) is 14.2. The summed E-state index contributed by atoms with van der Waals surface area (Å²) in [4.78, 5) is 10.7. The van der Waals surface area contributed by atoms with Crippen molar-refractivity contribution in [3.63, 3.8) is 0 Å². The quantitative estimate of drug-likeness (QED) is 0.391. The van der Waals surface area contributed by atoms with Crippen LogP contribution in [-0.4, -0.2) is 4.92 Å². The summed E-state index contributed by atoms with van der Waals surface area (Å²) in [6, 6.07) is 11.3. The molecule has 0 bridgehead atoms. The lowest BCUT2D eigenvalue weighted by atomic mass is 9.91. The molecule has 8 heteroatoms. The Morgan fingerprint density at radius 3 is 1.87 bits per heavy atom. The molecule has 142 valence electrons. The third kappa shape index (κ3) is 3.12. The fourth-order valence-corrected chi connectivity index (χ4v) is 3.48. The highest BCUT2D eigenvalue weighted by Crippen LogP contribution is 2.51. The van der Waals surface area contributed by atoms with Crippen LogP contribution >= 0.6 is 0 Å². The van der Waals surface area contributed by atoms with Gasteiger partial charge < -0.3 is 4.74 Å². The lowest BCUT2D eigenvalue weighted by Gasteiger charge is -2.16. The zero-order valence-electron chi connectivity index (χ0n) is 15.8. The number of allylic oxidation sites excluding steroid dienone is 10. The second kappa shape index (κ2) is 7.60. The number of nitrogens with zero attached hydrogens (tertiary/aromatic N) is 5. The van der Waals surface area contributed by atoms with Crippen molar-refractivity contribution in [2.24, 2.45) is 0 Å². The molecule has 1 aromatic carbocycles. The van der Waals surface area contributed by atoms with Crippen molar-refractivity contribution < 1.29 is 9.66 Å². The first kappa shape index (κ1) is 19.8. The summed E-state index contributed by atoms with van der Waals surface area (Å²) in [7, 11) is 0. The van der Waals surface area contributed by atoms with Crippen molar-refractivity contribution in [2.75, 3.05) is 0 Å². The Morgan fingerprint density at radius 1 is 0.900 bits per heavy atom. The van der Waals surface area contributed by atoms with E-state index in [1.165, 1.54) is 18.2 Å². The Balaban J connectivity index is 2.61. The fourth-order valence-electron chi connectivity index (χ4n) is 3.48. The molecule has 0 spiro atoms. The van der Waals surface area contributed by atoms with Crippen LogP contribution in [0.3, 0.4) is 0 Å². The van der Waals surface area contributed by atoms with Crippen LogP contribution in [0.25, 0.3) is 11.1 Å². The lowest BCUT2D eigenvalue weighted by molar-refractivity contribution is -0.384. The third-order valence-corrected chi connectivity index (χ3v) is 4.53. The average molecular weight is 393 g/mol. The Kier molecular flexibility index (Phi) is 5.02. The molecule has 0 fully saturated rings. The first-order valence-corrected chi connectivity index (χ1v) is 8.53. The number of fused-ring (bicyclic) bond motifs is 1. The van der Waals surface area contributed by atoms with E-state index in [0.717, 1.165) is 0 Å². The van der Waals surface area contributed by atoms with Gasteiger partial charge in [0.05, 0.1) is 4.92 Å². The number of rotatable bonds is 1. The number of nitriles is 4. The van der Waals surface area contributed by atoms with Crippen LogP contribution in [0.5, 0.6) is 0 Å². The monoisotopic (exact) mass is 393 g/mol. The van der Waals surface area contributed by atoms with E-state index in [4.69, 9.17) is 4.74 Å². The van der Waals surface area contributed by atoms with Crippen LogP contribution in [-0.2, 0) is 4.74 Å². The van der Waals surface area contributed by atoms with Gasteiger partial charge >= 0.3 is 0 Å². The van der Waals surface area contributed by atoms with E-state index in [1.807, 2.05) is 24.3 Å².